The molecule has 130 valence electrons. The molecular weight excluding hydrogens is 385 g/mol. The van der Waals surface area contributed by atoms with Crippen LogP contribution in [0.2, 0.25) is 10.0 Å². The summed E-state index contributed by atoms with van der Waals surface area (Å²) < 4.78 is 32.3. The lowest BCUT2D eigenvalue weighted by Crippen LogP contribution is -2.26. The Morgan fingerprint density at radius 1 is 1.00 bits per heavy atom. The minimum Gasteiger partial charge on any atom is -0.421 e. The minimum absolute atomic E-state index is 0.120. The van der Waals surface area contributed by atoms with Crippen LogP contribution in [0.5, 0.6) is 0 Å². The molecule has 0 saturated heterocycles. The predicted molar refractivity (Wildman–Crippen MR) is 95.1 cm³/mol. The number of aromatic nitrogens is 2. The van der Waals surface area contributed by atoms with Crippen LogP contribution in [0.4, 0.5) is 0 Å². The second-order valence-electron chi connectivity index (χ2n) is 5.08. The van der Waals surface area contributed by atoms with E-state index in [4.69, 9.17) is 27.6 Å². The van der Waals surface area contributed by atoms with E-state index in [0.29, 0.717) is 27.4 Å². The van der Waals surface area contributed by atoms with Crippen LogP contribution in [0.15, 0.2) is 57.8 Å². The quantitative estimate of drug-likeness (QED) is 0.686. The van der Waals surface area contributed by atoms with E-state index < -0.39 is 10.0 Å². The summed E-state index contributed by atoms with van der Waals surface area (Å²) >= 11 is 11.8. The van der Waals surface area contributed by atoms with Gasteiger partial charge in [-0.1, -0.05) is 35.3 Å². The maximum absolute atomic E-state index is 12.2. The van der Waals surface area contributed by atoms with Gasteiger partial charge in [0.15, 0.2) is 0 Å². The number of halogens is 2. The Kier molecular flexibility index (Phi) is 5.39. The molecular formula is C16H13Cl2N3O3S. The van der Waals surface area contributed by atoms with E-state index in [1.54, 1.807) is 18.2 Å². The largest absolute Gasteiger partial charge is 0.421 e. The molecule has 2 aromatic carbocycles. The molecule has 25 heavy (non-hydrogen) atoms. The standard InChI is InChI=1S/C16H13Cl2N3O3S/c17-11-5-7-12(8-6-11)25(22,23)19-10-9-15-20-21-16(24-15)13-3-1-2-4-14(13)18/h1-8,19H,9-10H2. The summed E-state index contributed by atoms with van der Waals surface area (Å²) in [7, 11) is -3.62. The van der Waals surface area contributed by atoms with E-state index in [-0.39, 0.29) is 17.9 Å². The van der Waals surface area contributed by atoms with Gasteiger partial charge in [0, 0.05) is 18.0 Å². The van der Waals surface area contributed by atoms with Crippen LogP contribution in [0.1, 0.15) is 5.89 Å². The molecule has 0 spiro atoms. The molecule has 9 heteroatoms. The maximum atomic E-state index is 12.2. The van der Waals surface area contributed by atoms with Crippen molar-refractivity contribution in [1.82, 2.24) is 14.9 Å². The Labute approximate surface area is 154 Å². The average molecular weight is 398 g/mol. The predicted octanol–water partition coefficient (Wildman–Crippen LogP) is 3.56. The van der Waals surface area contributed by atoms with Crippen molar-refractivity contribution in [2.75, 3.05) is 6.54 Å². The van der Waals surface area contributed by atoms with Crippen molar-refractivity contribution in [3.05, 3.63) is 64.5 Å². The third kappa shape index (κ3) is 4.38. The van der Waals surface area contributed by atoms with Crippen LogP contribution >= 0.6 is 23.2 Å². The highest BCUT2D eigenvalue weighted by molar-refractivity contribution is 7.89. The zero-order valence-corrected chi connectivity index (χ0v) is 15.1. The van der Waals surface area contributed by atoms with Gasteiger partial charge in [0.25, 0.3) is 0 Å². The van der Waals surface area contributed by atoms with E-state index in [0.717, 1.165) is 0 Å². The molecule has 0 aliphatic rings. The number of nitrogens with one attached hydrogen (secondary N) is 1. The van der Waals surface area contributed by atoms with Gasteiger partial charge in [0.05, 0.1) is 15.5 Å². The fourth-order valence-electron chi connectivity index (χ4n) is 2.09. The fraction of sp³-hybridized carbons (Fsp3) is 0.125. The summed E-state index contributed by atoms with van der Waals surface area (Å²) in [5.74, 6) is 0.606. The van der Waals surface area contributed by atoms with Gasteiger partial charge < -0.3 is 4.42 Å². The second-order valence-corrected chi connectivity index (χ2v) is 7.69. The number of rotatable bonds is 6. The van der Waals surface area contributed by atoms with Crippen molar-refractivity contribution in [3.63, 3.8) is 0 Å². The highest BCUT2D eigenvalue weighted by Crippen LogP contribution is 2.26. The highest BCUT2D eigenvalue weighted by Gasteiger charge is 2.15. The molecule has 0 aliphatic carbocycles. The Balaban J connectivity index is 1.63. The number of nitrogens with zero attached hydrogens (tertiary/aromatic N) is 2. The first-order valence-electron chi connectivity index (χ1n) is 7.28. The van der Waals surface area contributed by atoms with E-state index >= 15 is 0 Å². The van der Waals surface area contributed by atoms with Gasteiger partial charge >= 0.3 is 0 Å². The van der Waals surface area contributed by atoms with Crippen LogP contribution in [0.3, 0.4) is 0 Å². The Hall–Kier alpha value is -1.93. The van der Waals surface area contributed by atoms with E-state index in [9.17, 15) is 8.42 Å². The van der Waals surface area contributed by atoms with Gasteiger partial charge in [-0.05, 0) is 36.4 Å². The average Bonchev–Trinajstić information content (AvgIpc) is 3.04. The molecule has 1 N–H and O–H groups in total. The molecule has 0 aliphatic heterocycles. The van der Waals surface area contributed by atoms with Crippen LogP contribution in [0.25, 0.3) is 11.5 Å². The summed E-state index contributed by atoms with van der Waals surface area (Å²) in [6, 6.07) is 13.0. The van der Waals surface area contributed by atoms with Crippen LogP contribution < -0.4 is 4.72 Å². The molecule has 1 heterocycles. The first-order valence-corrected chi connectivity index (χ1v) is 9.52. The molecule has 0 atom stereocenters. The van der Waals surface area contributed by atoms with E-state index in [1.807, 2.05) is 6.07 Å². The third-order valence-corrected chi connectivity index (χ3v) is 5.38. The van der Waals surface area contributed by atoms with Crippen LogP contribution in [0, 0.1) is 0 Å². The van der Waals surface area contributed by atoms with Crippen molar-refractivity contribution in [3.8, 4) is 11.5 Å². The van der Waals surface area contributed by atoms with Gasteiger partial charge in [-0.2, -0.15) is 0 Å². The number of hydrogen-bond acceptors (Lipinski definition) is 5. The lowest BCUT2D eigenvalue weighted by molar-refractivity contribution is 0.502. The summed E-state index contributed by atoms with van der Waals surface area (Å²) in [6.45, 7) is 0.120. The zero-order chi connectivity index (χ0) is 17.9. The molecule has 0 radical (unpaired) electrons. The summed E-state index contributed by atoms with van der Waals surface area (Å²) in [6.07, 6.45) is 0.254. The second kappa shape index (κ2) is 7.53. The summed E-state index contributed by atoms with van der Waals surface area (Å²) in [5, 5.41) is 8.82. The fourth-order valence-corrected chi connectivity index (χ4v) is 3.46. The number of benzene rings is 2. The van der Waals surface area contributed by atoms with E-state index in [1.165, 1.54) is 24.3 Å². The van der Waals surface area contributed by atoms with Crippen LogP contribution in [-0.4, -0.2) is 25.2 Å². The molecule has 6 nitrogen and oxygen atoms in total. The third-order valence-electron chi connectivity index (χ3n) is 3.33. The smallest absolute Gasteiger partial charge is 0.249 e. The highest BCUT2D eigenvalue weighted by atomic mass is 35.5. The first kappa shape index (κ1) is 17.9. The Morgan fingerprint density at radius 3 is 2.44 bits per heavy atom. The van der Waals surface area contributed by atoms with Gasteiger partial charge in [0.1, 0.15) is 0 Å². The van der Waals surface area contributed by atoms with Crippen molar-refractivity contribution in [1.29, 1.82) is 0 Å². The molecule has 3 rings (SSSR count). The molecule has 0 fully saturated rings. The Morgan fingerprint density at radius 2 is 1.72 bits per heavy atom. The number of hydrogen-bond donors (Lipinski definition) is 1. The zero-order valence-electron chi connectivity index (χ0n) is 12.8. The van der Waals surface area contributed by atoms with Gasteiger partial charge in [-0.15, -0.1) is 10.2 Å². The molecule has 0 amide bonds. The molecule has 0 saturated carbocycles. The summed E-state index contributed by atoms with van der Waals surface area (Å²) in [5.41, 5.74) is 0.629. The molecule has 1 aromatic heterocycles. The molecule has 3 aromatic rings. The van der Waals surface area contributed by atoms with Crippen molar-refractivity contribution in [2.24, 2.45) is 0 Å². The van der Waals surface area contributed by atoms with Crippen LogP contribution in [-0.2, 0) is 16.4 Å². The molecule has 0 bridgehead atoms. The van der Waals surface area contributed by atoms with Gasteiger partial charge in [-0.25, -0.2) is 13.1 Å². The first-order chi connectivity index (χ1) is 12.0. The van der Waals surface area contributed by atoms with Crippen molar-refractivity contribution >= 4 is 33.2 Å². The Bertz CT molecular complexity index is 972. The lowest BCUT2D eigenvalue weighted by atomic mass is 10.2. The topological polar surface area (TPSA) is 85.1 Å². The molecule has 0 unspecified atom stereocenters. The minimum atomic E-state index is -3.62. The maximum Gasteiger partial charge on any atom is 0.249 e. The summed E-state index contributed by atoms with van der Waals surface area (Å²) in [4.78, 5) is 0.138. The van der Waals surface area contributed by atoms with Crippen molar-refractivity contribution in [2.45, 2.75) is 11.3 Å². The number of sulfonamides is 1. The monoisotopic (exact) mass is 397 g/mol. The van der Waals surface area contributed by atoms with Crippen molar-refractivity contribution < 1.29 is 12.8 Å². The van der Waals surface area contributed by atoms with E-state index in [2.05, 4.69) is 14.9 Å². The van der Waals surface area contributed by atoms with Gasteiger partial charge in [0.2, 0.25) is 21.8 Å². The SMILES string of the molecule is O=S(=O)(NCCc1nnc(-c2ccccc2Cl)o1)c1ccc(Cl)cc1. The normalized spacial score (nSPS) is 11.6. The van der Waals surface area contributed by atoms with Gasteiger partial charge in [-0.3, -0.25) is 0 Å². The lowest BCUT2D eigenvalue weighted by Gasteiger charge is -2.05.